The molecule has 0 aliphatic rings. The lowest BCUT2D eigenvalue weighted by atomic mass is 10.7. The predicted octanol–water partition coefficient (Wildman–Crippen LogP) is 4.28. The molecule has 0 fully saturated rings. The molecule has 0 aliphatic heterocycles. The summed E-state index contributed by atoms with van der Waals surface area (Å²) in [4.78, 5) is 0. The molecule has 0 radical (unpaired) electrons. The Morgan fingerprint density at radius 3 is 0.846 bits per heavy atom. The molecule has 0 nitrogen and oxygen atoms in total. The highest BCUT2D eigenvalue weighted by Crippen LogP contribution is 2.38. The molecular formula is C3BrClF8. The highest BCUT2D eigenvalue weighted by atomic mass is 79.9. The highest BCUT2D eigenvalue weighted by Gasteiger charge is 2.56. The molecule has 0 aromatic carbocycles. The molecule has 0 bridgehead atoms. The van der Waals surface area contributed by atoms with Crippen molar-refractivity contribution < 1.29 is 35.1 Å². The lowest BCUT2D eigenvalue weighted by molar-refractivity contribution is -0.241. The molecule has 10 heteroatoms. The Balaban J connectivity index is 0. The van der Waals surface area contributed by atoms with E-state index in [0.29, 0.717) is 0 Å². The van der Waals surface area contributed by atoms with Gasteiger partial charge in [0.25, 0.3) is 0 Å². The van der Waals surface area contributed by atoms with Gasteiger partial charge >= 0.3 is 16.6 Å². The minimum Gasteiger partial charge on any atom is -0.177 e. The largest absolute Gasteiger partial charge is 0.469 e. The minimum absolute atomic E-state index is 1.38. The summed E-state index contributed by atoms with van der Waals surface area (Å²) in [5.41, 5.74) is 0. The van der Waals surface area contributed by atoms with Crippen LogP contribution in [0.1, 0.15) is 0 Å². The van der Waals surface area contributed by atoms with Gasteiger partial charge in [0.05, 0.1) is 0 Å². The Bertz CT molecular complexity index is 123. The van der Waals surface area contributed by atoms with Crippen molar-refractivity contribution in [2.45, 2.75) is 16.6 Å². The monoisotopic (exact) mass is 302 g/mol. The van der Waals surface area contributed by atoms with Gasteiger partial charge in [0.2, 0.25) is 0 Å². The zero-order valence-electron chi connectivity index (χ0n) is 5.28. The Hall–Kier alpha value is 0.210. The van der Waals surface area contributed by atoms with Crippen LogP contribution in [0.25, 0.3) is 0 Å². The Morgan fingerprint density at radius 1 is 0.769 bits per heavy atom. The van der Waals surface area contributed by atoms with Crippen molar-refractivity contribution in [2.75, 3.05) is 0 Å². The zero-order valence-corrected chi connectivity index (χ0v) is 7.62. The van der Waals surface area contributed by atoms with E-state index in [0.717, 1.165) is 0 Å². The minimum atomic E-state index is -5.63. The molecule has 0 saturated carbocycles. The van der Waals surface area contributed by atoms with Gasteiger partial charge in [-0.1, -0.05) is 0 Å². The maximum absolute atomic E-state index is 10.9. The molecule has 0 atom stereocenters. The van der Waals surface area contributed by atoms with Crippen LogP contribution in [-0.4, -0.2) is 16.6 Å². The zero-order chi connectivity index (χ0) is 11.5. The van der Waals surface area contributed by atoms with Crippen LogP contribution in [0.5, 0.6) is 0 Å². The number of hydrogen-bond donors (Lipinski definition) is 0. The third-order valence-corrected chi connectivity index (χ3v) is 0.536. The molecule has 0 aliphatic carbocycles. The lowest BCUT2D eigenvalue weighted by Crippen LogP contribution is -2.29. The summed E-state index contributed by atoms with van der Waals surface area (Å²) in [5.74, 6) is 0. The lowest BCUT2D eigenvalue weighted by Gasteiger charge is -2.10. The van der Waals surface area contributed by atoms with Crippen LogP contribution in [0, 0.1) is 0 Å². The van der Waals surface area contributed by atoms with E-state index >= 15 is 0 Å². The van der Waals surface area contributed by atoms with Gasteiger partial charge in [-0.05, 0) is 11.6 Å². The van der Waals surface area contributed by atoms with Crippen molar-refractivity contribution in [3.05, 3.63) is 0 Å². The summed E-state index contributed by atoms with van der Waals surface area (Å²) >= 11 is 4.93. The molecule has 0 amide bonds. The number of alkyl halides is 10. The quantitative estimate of drug-likeness (QED) is 0.463. The molecular weight excluding hydrogens is 303 g/mol. The fourth-order valence-electron chi connectivity index (χ4n) is 0. The molecule has 0 heterocycles. The van der Waals surface area contributed by atoms with E-state index in [9.17, 15) is 35.1 Å². The van der Waals surface area contributed by atoms with Crippen molar-refractivity contribution in [1.29, 1.82) is 0 Å². The van der Waals surface area contributed by atoms with E-state index in [1.165, 1.54) is 15.9 Å². The molecule has 0 N–H and O–H groups in total. The Labute approximate surface area is 80.0 Å². The van der Waals surface area contributed by atoms with Crippen LogP contribution in [-0.2, 0) is 0 Å². The predicted molar refractivity (Wildman–Crippen MR) is 31.8 cm³/mol. The summed E-state index contributed by atoms with van der Waals surface area (Å²) in [7, 11) is 0. The molecule has 0 aromatic heterocycles. The third kappa shape index (κ3) is 15.0. The van der Waals surface area contributed by atoms with Gasteiger partial charge in [-0.3, -0.25) is 0 Å². The van der Waals surface area contributed by atoms with E-state index in [-0.39, 0.29) is 0 Å². The van der Waals surface area contributed by atoms with Crippen molar-refractivity contribution in [3.8, 4) is 0 Å². The first kappa shape index (κ1) is 15.7. The summed E-state index contributed by atoms with van der Waals surface area (Å²) in [5, 5.41) is -9.28. The Morgan fingerprint density at radius 2 is 0.846 bits per heavy atom. The van der Waals surface area contributed by atoms with E-state index in [2.05, 4.69) is 11.6 Å². The second-order valence-electron chi connectivity index (χ2n) is 1.42. The Kier molecular flexibility index (Phi) is 5.58. The second kappa shape index (κ2) is 4.63. The molecule has 0 spiro atoms. The summed E-state index contributed by atoms with van der Waals surface area (Å²) in [6.45, 7) is 0. The van der Waals surface area contributed by atoms with Crippen molar-refractivity contribution in [2.24, 2.45) is 0 Å². The summed E-state index contributed by atoms with van der Waals surface area (Å²) in [6, 6.07) is 0. The fraction of sp³-hybridized carbons (Fsp3) is 1.00. The second-order valence-corrected chi connectivity index (χ2v) is 2.80. The van der Waals surface area contributed by atoms with E-state index in [1.54, 1.807) is 0 Å². The fourth-order valence-corrected chi connectivity index (χ4v) is 0. The standard InChI is InChI=1S/C2ClF5.CBrF3/c3-1(4,5)2(6,7)8;2-1(3,4)5. The highest BCUT2D eigenvalue weighted by molar-refractivity contribution is 9.09. The van der Waals surface area contributed by atoms with Crippen molar-refractivity contribution in [3.63, 3.8) is 0 Å². The molecule has 0 saturated heterocycles. The first-order valence-electron chi connectivity index (χ1n) is 2.14. The normalized spacial score (nSPS) is 13.4. The SMILES string of the molecule is FC(F)(F)Br.FC(F)(F)C(F)(F)Cl. The molecule has 82 valence electrons. The summed E-state index contributed by atoms with van der Waals surface area (Å²) in [6.07, 6.45) is -5.63. The van der Waals surface area contributed by atoms with Gasteiger partial charge in [0, 0.05) is 15.9 Å². The van der Waals surface area contributed by atoms with Crippen LogP contribution < -0.4 is 0 Å². The number of halogens is 10. The molecule has 0 unspecified atom stereocenters. The van der Waals surface area contributed by atoms with Crippen LogP contribution in [0.2, 0.25) is 0 Å². The smallest absolute Gasteiger partial charge is 0.177 e. The van der Waals surface area contributed by atoms with Gasteiger partial charge in [0.1, 0.15) is 0 Å². The average molecular weight is 303 g/mol. The van der Waals surface area contributed by atoms with Crippen LogP contribution in [0.4, 0.5) is 35.1 Å². The number of hydrogen-bond acceptors (Lipinski definition) is 0. The van der Waals surface area contributed by atoms with E-state index in [1.807, 2.05) is 0 Å². The van der Waals surface area contributed by atoms with Crippen LogP contribution >= 0.6 is 27.5 Å². The van der Waals surface area contributed by atoms with Gasteiger partial charge in [-0.15, -0.1) is 0 Å². The van der Waals surface area contributed by atoms with E-state index < -0.39 is 16.6 Å². The van der Waals surface area contributed by atoms with Crippen LogP contribution in [0.15, 0.2) is 0 Å². The maximum Gasteiger partial charge on any atom is 0.469 e. The molecule has 0 aromatic rings. The third-order valence-electron chi connectivity index (χ3n) is 0.321. The first-order valence-corrected chi connectivity index (χ1v) is 3.31. The maximum atomic E-state index is 10.9. The summed E-state index contributed by atoms with van der Waals surface area (Å²) < 4.78 is 84.6. The van der Waals surface area contributed by atoms with Gasteiger partial charge in [-0.25, -0.2) is 0 Å². The van der Waals surface area contributed by atoms with E-state index in [4.69, 9.17) is 0 Å². The number of rotatable bonds is 0. The van der Waals surface area contributed by atoms with Crippen LogP contribution in [0.3, 0.4) is 0 Å². The average Bonchev–Trinajstić information content (AvgIpc) is 1.50. The topological polar surface area (TPSA) is 0 Å². The van der Waals surface area contributed by atoms with Gasteiger partial charge in [-0.2, -0.15) is 35.1 Å². The van der Waals surface area contributed by atoms with Gasteiger partial charge in [0.15, 0.2) is 0 Å². The van der Waals surface area contributed by atoms with Crippen molar-refractivity contribution >= 4 is 27.5 Å². The molecule has 0 rings (SSSR count). The molecule has 13 heavy (non-hydrogen) atoms. The van der Waals surface area contributed by atoms with Crippen molar-refractivity contribution in [1.82, 2.24) is 0 Å². The first-order chi connectivity index (χ1) is 5.25. The van der Waals surface area contributed by atoms with Gasteiger partial charge < -0.3 is 0 Å².